The zero-order chi connectivity index (χ0) is 13.9. The molecule has 0 saturated heterocycles. The molecule has 0 fully saturated rings. The summed E-state index contributed by atoms with van der Waals surface area (Å²) >= 11 is 6.01. The molecule has 5 nitrogen and oxygen atoms in total. The zero-order valence-corrected chi connectivity index (χ0v) is 11.2. The molecule has 0 spiro atoms. The molecule has 3 rings (SSSR count). The average Bonchev–Trinajstić information content (AvgIpc) is 2.93. The van der Waals surface area contributed by atoms with Crippen LogP contribution in [0, 0.1) is 0 Å². The first kappa shape index (κ1) is 12.6. The monoisotopic (exact) mass is 286 g/mol. The molecule has 2 aromatic heterocycles. The Labute approximate surface area is 120 Å². The van der Waals surface area contributed by atoms with Gasteiger partial charge in [0.1, 0.15) is 10.8 Å². The highest BCUT2D eigenvalue weighted by molar-refractivity contribution is 6.29. The molecule has 0 aliphatic rings. The minimum absolute atomic E-state index is 0.160. The van der Waals surface area contributed by atoms with Gasteiger partial charge >= 0.3 is 0 Å². The van der Waals surface area contributed by atoms with Crippen molar-refractivity contribution in [2.45, 2.75) is 6.54 Å². The van der Waals surface area contributed by atoms with Crippen LogP contribution in [0.5, 0.6) is 0 Å². The fourth-order valence-electron chi connectivity index (χ4n) is 1.86. The summed E-state index contributed by atoms with van der Waals surface area (Å²) in [7, 11) is 0. The van der Waals surface area contributed by atoms with E-state index >= 15 is 0 Å². The van der Waals surface area contributed by atoms with Crippen molar-refractivity contribution in [3.05, 3.63) is 75.9 Å². The second-order valence-electron chi connectivity index (χ2n) is 4.23. The van der Waals surface area contributed by atoms with Crippen LogP contribution in [0.4, 0.5) is 0 Å². The molecule has 0 aliphatic carbocycles. The number of rotatable bonds is 3. The lowest BCUT2D eigenvalue weighted by molar-refractivity contribution is 0.699. The van der Waals surface area contributed by atoms with Gasteiger partial charge in [0.25, 0.3) is 5.56 Å². The van der Waals surface area contributed by atoms with Gasteiger partial charge in [-0.3, -0.25) is 9.36 Å². The predicted molar refractivity (Wildman–Crippen MR) is 76.2 cm³/mol. The molecule has 0 amide bonds. The fourth-order valence-corrected chi connectivity index (χ4v) is 2.08. The largest absolute Gasteiger partial charge is 0.293 e. The van der Waals surface area contributed by atoms with Crippen molar-refractivity contribution >= 4 is 11.6 Å². The van der Waals surface area contributed by atoms with Crippen LogP contribution < -0.4 is 5.56 Å². The first-order valence-electron chi connectivity index (χ1n) is 6.06. The summed E-state index contributed by atoms with van der Waals surface area (Å²) in [6.07, 6.45) is 1.63. The summed E-state index contributed by atoms with van der Waals surface area (Å²) < 4.78 is 1.45. The summed E-state index contributed by atoms with van der Waals surface area (Å²) in [5.74, 6) is 0. The molecular formula is C14H11ClN4O. The molecule has 0 atom stereocenters. The van der Waals surface area contributed by atoms with E-state index in [2.05, 4.69) is 10.2 Å². The first-order valence-corrected chi connectivity index (χ1v) is 6.44. The first-order chi connectivity index (χ1) is 9.74. The van der Waals surface area contributed by atoms with Crippen LogP contribution in [0.25, 0.3) is 5.69 Å². The molecule has 0 bridgehead atoms. The lowest BCUT2D eigenvalue weighted by atomic mass is 10.3. The van der Waals surface area contributed by atoms with Gasteiger partial charge in [-0.25, -0.2) is 0 Å². The van der Waals surface area contributed by atoms with Gasteiger partial charge < -0.3 is 0 Å². The molecule has 20 heavy (non-hydrogen) atoms. The Morgan fingerprint density at radius 3 is 2.60 bits per heavy atom. The Morgan fingerprint density at radius 1 is 1.05 bits per heavy atom. The standard InChI is InChI=1S/C14H11ClN4O/c15-13-7-4-8-14(20)18(13)10-11-9-16-19(17-11)12-5-2-1-3-6-12/h1-9H,10H2. The molecule has 100 valence electrons. The number of hydrogen-bond donors (Lipinski definition) is 0. The average molecular weight is 287 g/mol. The van der Waals surface area contributed by atoms with Crippen LogP contribution in [0.1, 0.15) is 5.69 Å². The fraction of sp³-hybridized carbons (Fsp3) is 0.0714. The number of hydrogen-bond acceptors (Lipinski definition) is 3. The number of benzene rings is 1. The second kappa shape index (κ2) is 5.30. The van der Waals surface area contributed by atoms with E-state index in [1.54, 1.807) is 18.3 Å². The molecule has 1 aromatic carbocycles. The van der Waals surface area contributed by atoms with Crippen molar-refractivity contribution in [2.24, 2.45) is 0 Å². The summed E-state index contributed by atoms with van der Waals surface area (Å²) in [5.41, 5.74) is 1.38. The van der Waals surface area contributed by atoms with Gasteiger partial charge in [0.2, 0.25) is 0 Å². The Kier molecular flexibility index (Phi) is 3.35. The van der Waals surface area contributed by atoms with Gasteiger partial charge in [-0.05, 0) is 18.2 Å². The van der Waals surface area contributed by atoms with E-state index in [1.165, 1.54) is 15.4 Å². The lowest BCUT2D eigenvalue weighted by Gasteiger charge is -2.04. The summed E-state index contributed by atoms with van der Waals surface area (Å²) in [4.78, 5) is 13.3. The van der Waals surface area contributed by atoms with Gasteiger partial charge in [0, 0.05) is 6.07 Å². The molecule has 0 aliphatic heterocycles. The number of nitrogens with zero attached hydrogens (tertiary/aromatic N) is 4. The molecule has 0 N–H and O–H groups in total. The van der Waals surface area contributed by atoms with E-state index in [4.69, 9.17) is 11.6 Å². The van der Waals surface area contributed by atoms with Crippen LogP contribution in [-0.4, -0.2) is 19.6 Å². The highest BCUT2D eigenvalue weighted by Gasteiger charge is 2.06. The van der Waals surface area contributed by atoms with E-state index < -0.39 is 0 Å². The van der Waals surface area contributed by atoms with Crippen molar-refractivity contribution in [1.82, 2.24) is 19.6 Å². The quantitative estimate of drug-likeness (QED) is 0.693. The molecule has 2 heterocycles. The van der Waals surface area contributed by atoms with Gasteiger partial charge in [-0.1, -0.05) is 35.9 Å². The Bertz CT molecular complexity index is 779. The number of halogens is 1. The maximum absolute atomic E-state index is 11.7. The van der Waals surface area contributed by atoms with Crippen LogP contribution in [0.15, 0.2) is 59.5 Å². The third-order valence-electron chi connectivity index (χ3n) is 2.84. The lowest BCUT2D eigenvalue weighted by Crippen LogP contribution is -2.20. The third-order valence-corrected chi connectivity index (χ3v) is 3.17. The summed E-state index contributed by atoms with van der Waals surface area (Å²) in [6, 6.07) is 14.3. The van der Waals surface area contributed by atoms with Crippen LogP contribution in [-0.2, 0) is 6.54 Å². The van der Waals surface area contributed by atoms with Crippen LogP contribution in [0.2, 0.25) is 5.15 Å². The molecule has 0 radical (unpaired) electrons. The molecule has 6 heteroatoms. The van der Waals surface area contributed by atoms with Gasteiger partial charge in [0.15, 0.2) is 0 Å². The summed E-state index contributed by atoms with van der Waals surface area (Å²) in [6.45, 7) is 0.297. The van der Waals surface area contributed by atoms with Crippen molar-refractivity contribution in [1.29, 1.82) is 0 Å². The minimum Gasteiger partial charge on any atom is -0.293 e. The smallest absolute Gasteiger partial charge is 0.252 e. The predicted octanol–water partition coefficient (Wildman–Crippen LogP) is 2.13. The van der Waals surface area contributed by atoms with E-state index in [0.717, 1.165) is 5.69 Å². The van der Waals surface area contributed by atoms with E-state index in [-0.39, 0.29) is 5.56 Å². The zero-order valence-electron chi connectivity index (χ0n) is 10.5. The van der Waals surface area contributed by atoms with Gasteiger partial charge in [-0.15, -0.1) is 0 Å². The van der Waals surface area contributed by atoms with E-state index in [0.29, 0.717) is 17.4 Å². The van der Waals surface area contributed by atoms with E-state index in [9.17, 15) is 4.79 Å². The molecule has 0 saturated carbocycles. The molecule has 0 unspecified atom stereocenters. The topological polar surface area (TPSA) is 52.7 Å². The summed E-state index contributed by atoms with van der Waals surface area (Å²) in [5, 5.41) is 8.92. The third kappa shape index (κ3) is 2.48. The Hall–Kier alpha value is -2.40. The second-order valence-corrected chi connectivity index (χ2v) is 4.62. The number of pyridine rings is 1. The normalized spacial score (nSPS) is 10.7. The molecular weight excluding hydrogens is 276 g/mol. The van der Waals surface area contributed by atoms with Crippen LogP contribution >= 0.6 is 11.6 Å². The van der Waals surface area contributed by atoms with Crippen molar-refractivity contribution in [3.63, 3.8) is 0 Å². The number of para-hydroxylation sites is 1. The van der Waals surface area contributed by atoms with Crippen LogP contribution in [0.3, 0.4) is 0 Å². The van der Waals surface area contributed by atoms with Crippen molar-refractivity contribution < 1.29 is 0 Å². The number of aromatic nitrogens is 4. The van der Waals surface area contributed by atoms with Gasteiger partial charge in [-0.2, -0.15) is 15.0 Å². The van der Waals surface area contributed by atoms with E-state index in [1.807, 2.05) is 30.3 Å². The highest BCUT2D eigenvalue weighted by atomic mass is 35.5. The van der Waals surface area contributed by atoms with Crippen molar-refractivity contribution in [2.75, 3.05) is 0 Å². The maximum Gasteiger partial charge on any atom is 0.252 e. The Morgan fingerprint density at radius 2 is 1.85 bits per heavy atom. The molecule has 3 aromatic rings. The SMILES string of the molecule is O=c1cccc(Cl)n1Cc1cnn(-c2ccccc2)n1. The van der Waals surface area contributed by atoms with Crippen molar-refractivity contribution in [3.8, 4) is 5.69 Å². The Balaban J connectivity index is 1.90. The minimum atomic E-state index is -0.160. The highest BCUT2D eigenvalue weighted by Crippen LogP contribution is 2.08. The van der Waals surface area contributed by atoms with Gasteiger partial charge in [0.05, 0.1) is 18.4 Å². The maximum atomic E-state index is 11.7.